The number of hydrogen-bond acceptors (Lipinski definition) is 5. The highest BCUT2D eigenvalue weighted by atomic mass is 35.5. The molecule has 2 N–H and O–H groups in total. The Bertz CT molecular complexity index is 882. The summed E-state index contributed by atoms with van der Waals surface area (Å²) in [6, 6.07) is 14.7. The summed E-state index contributed by atoms with van der Waals surface area (Å²) in [7, 11) is 1.62. The lowest BCUT2D eigenvalue weighted by molar-refractivity contribution is 0.417. The first-order valence-corrected chi connectivity index (χ1v) is 8.29. The molecule has 0 saturated heterocycles. The third-order valence-corrected chi connectivity index (χ3v) is 4.05. The third kappa shape index (κ3) is 4.13. The van der Waals surface area contributed by atoms with E-state index in [1.807, 2.05) is 31.2 Å². The van der Waals surface area contributed by atoms with Gasteiger partial charge in [0.1, 0.15) is 23.2 Å². The third-order valence-electron chi connectivity index (χ3n) is 3.42. The Morgan fingerprint density at radius 1 is 0.880 bits per heavy atom. The first-order valence-electron chi connectivity index (χ1n) is 7.53. The van der Waals surface area contributed by atoms with E-state index in [2.05, 4.69) is 20.6 Å². The first-order chi connectivity index (χ1) is 12.1. The molecule has 1 aromatic heterocycles. The molecule has 3 aromatic rings. The van der Waals surface area contributed by atoms with E-state index in [9.17, 15) is 0 Å². The van der Waals surface area contributed by atoms with Gasteiger partial charge in [0.25, 0.3) is 0 Å². The van der Waals surface area contributed by atoms with Crippen LogP contribution in [0.4, 0.5) is 23.0 Å². The summed E-state index contributed by atoms with van der Waals surface area (Å²) in [5, 5.41) is 7.42. The molecule has 128 valence electrons. The highest BCUT2D eigenvalue weighted by Gasteiger charge is 2.09. The highest BCUT2D eigenvalue weighted by molar-refractivity contribution is 6.39. The fourth-order valence-electron chi connectivity index (χ4n) is 2.33. The maximum absolute atomic E-state index is 6.21. The quantitative estimate of drug-likeness (QED) is 0.609. The van der Waals surface area contributed by atoms with E-state index >= 15 is 0 Å². The van der Waals surface area contributed by atoms with Crippen molar-refractivity contribution in [3.63, 3.8) is 0 Å². The number of aromatic nitrogens is 2. The fraction of sp³-hybridized carbons (Fsp3) is 0.111. The van der Waals surface area contributed by atoms with Crippen LogP contribution in [0.15, 0.2) is 48.5 Å². The molecule has 3 rings (SSSR count). The zero-order valence-corrected chi connectivity index (χ0v) is 15.2. The number of methoxy groups -OCH3 is 1. The van der Waals surface area contributed by atoms with Crippen molar-refractivity contribution in [2.45, 2.75) is 6.92 Å². The lowest BCUT2D eigenvalue weighted by Crippen LogP contribution is -2.02. The number of ether oxygens (including phenoxy) is 1. The number of benzene rings is 2. The topological polar surface area (TPSA) is 59.1 Å². The standard InChI is InChI=1S/C18H16Cl2N4O/c1-11-21-16(23-14-8-3-4-9-15(14)25-2)10-17(22-11)24-18-12(19)6-5-7-13(18)20/h3-10H,1-2H3,(H2,21,22,23,24). The molecule has 0 amide bonds. The van der Waals surface area contributed by atoms with Crippen LogP contribution in [0.1, 0.15) is 5.82 Å². The van der Waals surface area contributed by atoms with E-state index in [1.165, 1.54) is 0 Å². The number of rotatable bonds is 5. The second-order valence-corrected chi connectivity index (χ2v) is 6.05. The number of nitrogens with zero attached hydrogens (tertiary/aromatic N) is 2. The number of halogens is 2. The molecule has 25 heavy (non-hydrogen) atoms. The van der Waals surface area contributed by atoms with Crippen molar-refractivity contribution in [3.8, 4) is 5.75 Å². The normalized spacial score (nSPS) is 10.4. The van der Waals surface area contributed by atoms with Gasteiger partial charge in [-0.15, -0.1) is 0 Å². The van der Waals surface area contributed by atoms with Crippen molar-refractivity contribution in [2.75, 3.05) is 17.7 Å². The van der Waals surface area contributed by atoms with Crippen molar-refractivity contribution in [1.82, 2.24) is 9.97 Å². The molecule has 0 aliphatic rings. The van der Waals surface area contributed by atoms with E-state index in [0.29, 0.717) is 33.2 Å². The molecule has 2 aromatic carbocycles. The van der Waals surface area contributed by atoms with Crippen molar-refractivity contribution < 1.29 is 4.74 Å². The number of aryl methyl sites for hydroxylation is 1. The molecule has 0 aliphatic carbocycles. The summed E-state index contributed by atoms with van der Waals surface area (Å²) in [6.07, 6.45) is 0. The zero-order chi connectivity index (χ0) is 17.8. The van der Waals surface area contributed by atoms with Crippen LogP contribution >= 0.6 is 23.2 Å². The van der Waals surface area contributed by atoms with Crippen LogP contribution in [-0.4, -0.2) is 17.1 Å². The Morgan fingerprint density at radius 2 is 1.52 bits per heavy atom. The molecule has 0 aliphatic heterocycles. The van der Waals surface area contributed by atoms with Crippen LogP contribution in [0.2, 0.25) is 10.0 Å². The second kappa shape index (κ2) is 7.59. The van der Waals surface area contributed by atoms with Crippen molar-refractivity contribution >= 4 is 46.2 Å². The van der Waals surface area contributed by atoms with Gasteiger partial charge in [0, 0.05) is 6.07 Å². The van der Waals surface area contributed by atoms with Gasteiger partial charge in [0.15, 0.2) is 0 Å². The van der Waals surface area contributed by atoms with Crippen LogP contribution in [-0.2, 0) is 0 Å². The molecule has 0 atom stereocenters. The highest BCUT2D eigenvalue weighted by Crippen LogP contribution is 2.33. The minimum absolute atomic E-state index is 0.517. The summed E-state index contributed by atoms with van der Waals surface area (Å²) in [4.78, 5) is 8.79. The maximum atomic E-state index is 6.21. The average Bonchev–Trinajstić information content (AvgIpc) is 2.58. The Hall–Kier alpha value is -2.50. The molecule has 0 saturated carbocycles. The van der Waals surface area contributed by atoms with E-state index in [1.54, 1.807) is 31.4 Å². The predicted octanol–water partition coefficient (Wildman–Crippen LogP) is 5.59. The summed E-state index contributed by atoms with van der Waals surface area (Å²) in [5.41, 5.74) is 1.41. The largest absolute Gasteiger partial charge is 0.495 e. The lowest BCUT2D eigenvalue weighted by atomic mass is 10.3. The maximum Gasteiger partial charge on any atom is 0.142 e. The molecule has 0 unspecified atom stereocenters. The van der Waals surface area contributed by atoms with Gasteiger partial charge in [0.2, 0.25) is 0 Å². The molecule has 0 bridgehead atoms. The summed E-state index contributed by atoms with van der Waals surface area (Å²) in [5.74, 6) is 2.54. The van der Waals surface area contributed by atoms with Gasteiger partial charge in [-0.1, -0.05) is 41.4 Å². The molecule has 7 heteroatoms. The number of nitrogens with one attached hydrogen (secondary N) is 2. The van der Waals surface area contributed by atoms with Gasteiger partial charge in [0.05, 0.1) is 28.5 Å². The molecule has 1 heterocycles. The molecule has 0 fully saturated rings. The molecule has 5 nitrogen and oxygen atoms in total. The van der Waals surface area contributed by atoms with Gasteiger partial charge < -0.3 is 15.4 Å². The van der Waals surface area contributed by atoms with Crippen LogP contribution in [0.3, 0.4) is 0 Å². The van der Waals surface area contributed by atoms with E-state index in [4.69, 9.17) is 27.9 Å². The minimum Gasteiger partial charge on any atom is -0.495 e. The van der Waals surface area contributed by atoms with Crippen molar-refractivity contribution in [3.05, 3.63) is 64.4 Å². The first kappa shape index (κ1) is 17.3. The van der Waals surface area contributed by atoms with Crippen molar-refractivity contribution in [1.29, 1.82) is 0 Å². The molecule has 0 spiro atoms. The minimum atomic E-state index is 0.517. The van der Waals surface area contributed by atoms with E-state index in [0.717, 1.165) is 11.4 Å². The van der Waals surface area contributed by atoms with Crippen LogP contribution in [0.5, 0.6) is 5.75 Å². The summed E-state index contributed by atoms with van der Waals surface area (Å²) < 4.78 is 5.35. The predicted molar refractivity (Wildman–Crippen MR) is 103 cm³/mol. The monoisotopic (exact) mass is 374 g/mol. The van der Waals surface area contributed by atoms with E-state index < -0.39 is 0 Å². The number of anilines is 4. The van der Waals surface area contributed by atoms with Crippen LogP contribution in [0, 0.1) is 6.92 Å². The van der Waals surface area contributed by atoms with Gasteiger partial charge in [-0.3, -0.25) is 0 Å². The van der Waals surface area contributed by atoms with Crippen LogP contribution in [0.25, 0.3) is 0 Å². The summed E-state index contributed by atoms with van der Waals surface area (Å²) in [6.45, 7) is 1.81. The Balaban J connectivity index is 1.91. The Morgan fingerprint density at radius 3 is 2.20 bits per heavy atom. The second-order valence-electron chi connectivity index (χ2n) is 5.23. The Labute approximate surface area is 156 Å². The molecular weight excluding hydrogens is 359 g/mol. The fourth-order valence-corrected chi connectivity index (χ4v) is 2.82. The smallest absolute Gasteiger partial charge is 0.142 e. The average molecular weight is 375 g/mol. The van der Waals surface area contributed by atoms with Gasteiger partial charge in [-0.25, -0.2) is 9.97 Å². The Kier molecular flexibility index (Phi) is 5.26. The molecular formula is C18H16Cl2N4O. The SMILES string of the molecule is COc1ccccc1Nc1cc(Nc2c(Cl)cccc2Cl)nc(C)n1. The zero-order valence-electron chi connectivity index (χ0n) is 13.7. The van der Waals surface area contributed by atoms with E-state index in [-0.39, 0.29) is 0 Å². The van der Waals surface area contributed by atoms with Gasteiger partial charge >= 0.3 is 0 Å². The number of para-hydroxylation sites is 3. The number of hydrogen-bond donors (Lipinski definition) is 2. The summed E-state index contributed by atoms with van der Waals surface area (Å²) >= 11 is 12.4. The van der Waals surface area contributed by atoms with Crippen molar-refractivity contribution in [2.24, 2.45) is 0 Å². The van der Waals surface area contributed by atoms with Crippen LogP contribution < -0.4 is 15.4 Å². The lowest BCUT2D eigenvalue weighted by Gasteiger charge is -2.13. The van der Waals surface area contributed by atoms with Gasteiger partial charge in [-0.05, 0) is 31.2 Å². The van der Waals surface area contributed by atoms with Gasteiger partial charge in [-0.2, -0.15) is 0 Å². The molecule has 0 radical (unpaired) electrons.